The summed E-state index contributed by atoms with van der Waals surface area (Å²) in [5, 5.41) is 4.10. The topological polar surface area (TPSA) is 58.4 Å². The highest BCUT2D eigenvalue weighted by molar-refractivity contribution is 9.10. The average molecular weight is 383 g/mol. The molecule has 0 bridgehead atoms. The number of aromatic nitrogens is 2. The van der Waals surface area contributed by atoms with Gasteiger partial charge in [0.15, 0.2) is 0 Å². The highest BCUT2D eigenvalue weighted by Crippen LogP contribution is 2.28. The third-order valence-electron chi connectivity index (χ3n) is 4.91. The Labute approximate surface area is 144 Å². The summed E-state index contributed by atoms with van der Waals surface area (Å²) in [6.45, 7) is 3.42. The van der Waals surface area contributed by atoms with Gasteiger partial charge >= 0.3 is 0 Å². The first-order valence-corrected chi connectivity index (χ1v) is 9.13. The fourth-order valence-corrected chi connectivity index (χ4v) is 4.07. The van der Waals surface area contributed by atoms with Crippen LogP contribution >= 0.6 is 15.9 Å². The van der Waals surface area contributed by atoms with Crippen molar-refractivity contribution in [2.24, 2.45) is 13.0 Å². The maximum Gasteiger partial charge on any atom is 0.282 e. The van der Waals surface area contributed by atoms with E-state index in [-0.39, 0.29) is 11.5 Å². The Balaban J connectivity index is 1.63. The maximum absolute atomic E-state index is 12.6. The molecule has 1 aromatic rings. The van der Waals surface area contributed by atoms with E-state index >= 15 is 0 Å². The lowest BCUT2D eigenvalue weighted by atomic mass is 9.94. The molecular formula is C16H23BrN4O2. The summed E-state index contributed by atoms with van der Waals surface area (Å²) in [4.78, 5) is 28.8. The highest BCUT2D eigenvalue weighted by atomic mass is 79.9. The Morgan fingerprint density at radius 1 is 1.17 bits per heavy atom. The number of hydrogen-bond acceptors (Lipinski definition) is 4. The fraction of sp³-hybridized carbons (Fsp3) is 0.688. The third-order valence-corrected chi connectivity index (χ3v) is 5.66. The second kappa shape index (κ2) is 7.03. The molecule has 2 aliphatic rings. The van der Waals surface area contributed by atoms with Gasteiger partial charge in [0.2, 0.25) is 5.91 Å². The monoisotopic (exact) mass is 382 g/mol. The number of hydrogen-bond donors (Lipinski definition) is 0. The van der Waals surface area contributed by atoms with Crippen molar-refractivity contribution in [3.63, 3.8) is 0 Å². The van der Waals surface area contributed by atoms with Gasteiger partial charge in [-0.15, -0.1) is 0 Å². The van der Waals surface area contributed by atoms with Crippen molar-refractivity contribution < 1.29 is 4.79 Å². The number of rotatable bonds is 2. The summed E-state index contributed by atoms with van der Waals surface area (Å²) in [6, 6.07) is 0. The van der Waals surface area contributed by atoms with Crippen molar-refractivity contribution in [2.45, 2.75) is 32.1 Å². The minimum atomic E-state index is -0.131. The van der Waals surface area contributed by atoms with Crippen LogP contribution in [0.3, 0.4) is 0 Å². The first-order valence-electron chi connectivity index (χ1n) is 8.33. The Hall–Kier alpha value is -1.37. The summed E-state index contributed by atoms with van der Waals surface area (Å²) in [5.41, 5.74) is 0.700. The number of carbonyl (C=O) groups is 1. The van der Waals surface area contributed by atoms with E-state index in [1.807, 2.05) is 4.90 Å². The van der Waals surface area contributed by atoms with E-state index in [4.69, 9.17) is 0 Å². The van der Waals surface area contributed by atoms with Crippen LogP contribution in [0.15, 0.2) is 15.5 Å². The van der Waals surface area contributed by atoms with Gasteiger partial charge < -0.3 is 9.80 Å². The van der Waals surface area contributed by atoms with Crippen LogP contribution < -0.4 is 10.5 Å². The van der Waals surface area contributed by atoms with Gasteiger partial charge in [-0.3, -0.25) is 9.59 Å². The molecule has 6 nitrogen and oxygen atoms in total. The van der Waals surface area contributed by atoms with Gasteiger partial charge in [0.1, 0.15) is 4.47 Å². The Morgan fingerprint density at radius 2 is 1.83 bits per heavy atom. The van der Waals surface area contributed by atoms with Gasteiger partial charge in [0, 0.05) is 39.1 Å². The van der Waals surface area contributed by atoms with Crippen LogP contribution in [0, 0.1) is 5.92 Å². The molecule has 7 heteroatoms. The summed E-state index contributed by atoms with van der Waals surface area (Å²) in [5.74, 6) is 0.452. The maximum atomic E-state index is 12.6. The van der Waals surface area contributed by atoms with Crippen LogP contribution in [0.4, 0.5) is 5.69 Å². The molecule has 1 aromatic heterocycles. The lowest BCUT2D eigenvalue weighted by Crippen LogP contribution is -2.44. The van der Waals surface area contributed by atoms with Gasteiger partial charge in [-0.2, -0.15) is 5.10 Å². The quantitative estimate of drug-likeness (QED) is 0.781. The normalized spacial score (nSPS) is 19.9. The summed E-state index contributed by atoms with van der Waals surface area (Å²) < 4.78 is 1.87. The van der Waals surface area contributed by atoms with E-state index in [0.717, 1.165) is 57.5 Å². The van der Waals surface area contributed by atoms with E-state index in [0.29, 0.717) is 10.4 Å². The molecule has 0 saturated carbocycles. The van der Waals surface area contributed by atoms with E-state index in [2.05, 4.69) is 25.9 Å². The van der Waals surface area contributed by atoms with Crippen LogP contribution in [0.25, 0.3) is 0 Å². The fourth-order valence-electron chi connectivity index (χ4n) is 3.46. The predicted molar refractivity (Wildman–Crippen MR) is 92.5 cm³/mol. The van der Waals surface area contributed by atoms with Crippen molar-refractivity contribution in [2.75, 3.05) is 31.1 Å². The molecule has 2 fully saturated rings. The molecule has 3 rings (SSSR count). The number of halogens is 1. The van der Waals surface area contributed by atoms with Gasteiger partial charge in [-0.25, -0.2) is 4.68 Å². The molecule has 0 aliphatic carbocycles. The molecule has 0 aromatic carbocycles. The molecule has 1 amide bonds. The van der Waals surface area contributed by atoms with Crippen LogP contribution in [0.5, 0.6) is 0 Å². The number of amides is 1. The van der Waals surface area contributed by atoms with Crippen molar-refractivity contribution >= 4 is 27.5 Å². The minimum absolute atomic E-state index is 0.127. The molecule has 126 valence electrons. The number of aryl methyl sites for hydroxylation is 1. The summed E-state index contributed by atoms with van der Waals surface area (Å²) in [7, 11) is 1.64. The molecule has 3 heterocycles. The lowest BCUT2D eigenvalue weighted by molar-refractivity contribution is -0.137. The molecule has 0 spiro atoms. The molecule has 23 heavy (non-hydrogen) atoms. The zero-order valence-corrected chi connectivity index (χ0v) is 15.1. The van der Waals surface area contributed by atoms with E-state index in [1.165, 1.54) is 11.1 Å². The van der Waals surface area contributed by atoms with Crippen LogP contribution in [0.1, 0.15) is 32.1 Å². The minimum Gasteiger partial charge on any atom is -0.369 e. The molecular weight excluding hydrogens is 360 g/mol. The van der Waals surface area contributed by atoms with Crippen molar-refractivity contribution in [1.82, 2.24) is 14.7 Å². The zero-order valence-electron chi connectivity index (χ0n) is 13.5. The van der Waals surface area contributed by atoms with Gasteiger partial charge in [-0.05, 0) is 48.0 Å². The lowest BCUT2D eigenvalue weighted by Gasteiger charge is -2.36. The zero-order chi connectivity index (χ0) is 16.4. The van der Waals surface area contributed by atoms with E-state index < -0.39 is 0 Å². The van der Waals surface area contributed by atoms with Crippen LogP contribution in [-0.4, -0.2) is 46.8 Å². The average Bonchev–Trinajstić information content (AvgIpc) is 2.60. The smallest absolute Gasteiger partial charge is 0.282 e. The van der Waals surface area contributed by atoms with E-state index in [1.54, 1.807) is 13.2 Å². The molecule has 2 aliphatic heterocycles. The van der Waals surface area contributed by atoms with E-state index in [9.17, 15) is 9.59 Å². The number of nitrogens with zero attached hydrogens (tertiary/aromatic N) is 4. The van der Waals surface area contributed by atoms with Gasteiger partial charge in [0.05, 0.1) is 11.9 Å². The molecule has 0 atom stereocenters. The van der Waals surface area contributed by atoms with Crippen LogP contribution in [0.2, 0.25) is 0 Å². The van der Waals surface area contributed by atoms with Crippen molar-refractivity contribution in [3.05, 3.63) is 21.0 Å². The Bertz CT molecular complexity index is 631. The number of likely N-dealkylation sites (tertiary alicyclic amines) is 1. The molecule has 0 radical (unpaired) electrons. The summed E-state index contributed by atoms with van der Waals surface area (Å²) in [6.07, 6.45) is 6.92. The van der Waals surface area contributed by atoms with Crippen LogP contribution in [-0.2, 0) is 11.8 Å². The Kier molecular flexibility index (Phi) is 5.04. The number of piperidine rings is 2. The van der Waals surface area contributed by atoms with Gasteiger partial charge in [-0.1, -0.05) is 0 Å². The van der Waals surface area contributed by atoms with Crippen molar-refractivity contribution in [3.8, 4) is 0 Å². The highest BCUT2D eigenvalue weighted by Gasteiger charge is 2.30. The first kappa shape index (κ1) is 16.5. The molecule has 0 unspecified atom stereocenters. The third kappa shape index (κ3) is 3.44. The molecule has 0 N–H and O–H groups in total. The number of carbonyl (C=O) groups excluding carboxylic acids is 1. The second-order valence-corrected chi connectivity index (χ2v) is 7.21. The standard InChI is InChI=1S/C16H23BrN4O2/c1-19-16(23)14(17)13(11-18-19)20-9-5-12(6-10-20)15(22)21-7-3-2-4-8-21/h11-12H,2-10H2,1H3. The SMILES string of the molecule is Cn1ncc(N2CCC(C(=O)N3CCCCC3)CC2)c(Br)c1=O. The predicted octanol–water partition coefficient (Wildman–Crippen LogP) is 1.77. The summed E-state index contributed by atoms with van der Waals surface area (Å²) >= 11 is 3.38. The van der Waals surface area contributed by atoms with Crippen molar-refractivity contribution in [1.29, 1.82) is 0 Å². The number of anilines is 1. The second-order valence-electron chi connectivity index (χ2n) is 6.42. The van der Waals surface area contributed by atoms with Gasteiger partial charge in [0.25, 0.3) is 5.56 Å². The molecule has 2 saturated heterocycles. The Morgan fingerprint density at radius 3 is 2.48 bits per heavy atom. The first-order chi connectivity index (χ1) is 11.1. The largest absolute Gasteiger partial charge is 0.369 e.